The number of anilines is 4. The van der Waals surface area contributed by atoms with Crippen molar-refractivity contribution in [2.75, 3.05) is 17.2 Å². The summed E-state index contributed by atoms with van der Waals surface area (Å²) in [6.07, 6.45) is 6.02. The van der Waals surface area contributed by atoms with Crippen molar-refractivity contribution < 1.29 is 9.52 Å². The molecule has 0 saturated heterocycles. The summed E-state index contributed by atoms with van der Waals surface area (Å²) >= 11 is 0. The molecule has 0 amide bonds. The minimum Gasteiger partial charge on any atom is -0.472 e. The molecule has 8 nitrogen and oxygen atoms in total. The van der Waals surface area contributed by atoms with E-state index < -0.39 is 5.60 Å². The van der Waals surface area contributed by atoms with Gasteiger partial charge < -0.3 is 25.5 Å². The van der Waals surface area contributed by atoms with E-state index in [2.05, 4.69) is 38.1 Å². The molecule has 1 aliphatic heterocycles. The van der Waals surface area contributed by atoms with Crippen LogP contribution in [0.25, 0.3) is 11.1 Å². The molecular formula is C25H26N6O2. The number of rotatable bonds is 6. The van der Waals surface area contributed by atoms with E-state index >= 15 is 0 Å². The van der Waals surface area contributed by atoms with Gasteiger partial charge >= 0.3 is 0 Å². The molecule has 8 heteroatoms. The number of fused-ring (bicyclic) bond motifs is 1. The summed E-state index contributed by atoms with van der Waals surface area (Å²) in [6, 6.07) is 13.7. The number of nitrogens with one attached hydrogen (secondary N) is 3. The molecule has 4 aromatic rings. The van der Waals surface area contributed by atoms with Crippen LogP contribution in [0.1, 0.15) is 30.7 Å². The van der Waals surface area contributed by atoms with Crippen molar-refractivity contribution >= 4 is 23.3 Å². The van der Waals surface area contributed by atoms with E-state index in [1.165, 1.54) is 11.1 Å². The predicted molar refractivity (Wildman–Crippen MR) is 128 cm³/mol. The fourth-order valence-corrected chi connectivity index (χ4v) is 3.82. The number of hydrogen-bond donors (Lipinski definition) is 4. The third-order valence-electron chi connectivity index (χ3n) is 5.59. The van der Waals surface area contributed by atoms with Crippen LogP contribution < -0.4 is 16.0 Å². The van der Waals surface area contributed by atoms with Gasteiger partial charge in [0.2, 0.25) is 5.95 Å². The van der Waals surface area contributed by atoms with Crippen LogP contribution in [-0.2, 0) is 18.6 Å². The summed E-state index contributed by atoms with van der Waals surface area (Å²) in [7, 11) is 0. The number of aromatic nitrogens is 3. The van der Waals surface area contributed by atoms with Gasteiger partial charge in [0.05, 0.1) is 18.2 Å². The van der Waals surface area contributed by atoms with E-state index in [-0.39, 0.29) is 0 Å². The third kappa shape index (κ3) is 4.72. The largest absolute Gasteiger partial charge is 0.472 e. The van der Waals surface area contributed by atoms with Gasteiger partial charge in [-0.1, -0.05) is 12.1 Å². The standard InChI is InChI=1S/C25H26N6O2/c1-25(2,32)21-4-3-5-22(29-21)30-23-20(18-9-11-33-15-18)14-27-24(31-23)28-19-7-6-17-13-26-10-8-16(17)12-19/h3-7,9,11-12,14-15,26,32H,8,10,13H2,1-2H3,(H2,27,28,29,30,31). The van der Waals surface area contributed by atoms with Gasteiger partial charge in [-0.05, 0) is 68.3 Å². The van der Waals surface area contributed by atoms with Crippen molar-refractivity contribution in [3.05, 3.63) is 78.0 Å². The Morgan fingerprint density at radius 2 is 1.97 bits per heavy atom. The maximum atomic E-state index is 10.3. The average molecular weight is 443 g/mol. The predicted octanol–water partition coefficient (Wildman–Crippen LogP) is 4.49. The maximum absolute atomic E-state index is 10.3. The summed E-state index contributed by atoms with van der Waals surface area (Å²) in [5.74, 6) is 1.62. The molecule has 33 heavy (non-hydrogen) atoms. The molecule has 0 fully saturated rings. The van der Waals surface area contributed by atoms with Crippen LogP contribution in [0, 0.1) is 0 Å². The molecule has 4 N–H and O–H groups in total. The summed E-state index contributed by atoms with van der Waals surface area (Å²) < 4.78 is 5.26. The van der Waals surface area contributed by atoms with Crippen LogP contribution in [0.5, 0.6) is 0 Å². The van der Waals surface area contributed by atoms with Gasteiger partial charge in [-0.2, -0.15) is 4.98 Å². The molecule has 1 aromatic carbocycles. The van der Waals surface area contributed by atoms with Gasteiger partial charge in [0.25, 0.3) is 0 Å². The van der Waals surface area contributed by atoms with Gasteiger partial charge in [-0.25, -0.2) is 9.97 Å². The lowest BCUT2D eigenvalue weighted by molar-refractivity contribution is 0.0740. The molecule has 3 aromatic heterocycles. The van der Waals surface area contributed by atoms with Crippen LogP contribution in [0.4, 0.5) is 23.3 Å². The summed E-state index contributed by atoms with van der Waals surface area (Å²) in [5.41, 5.74) is 4.74. The zero-order valence-electron chi connectivity index (χ0n) is 18.6. The zero-order valence-corrected chi connectivity index (χ0v) is 18.6. The van der Waals surface area contributed by atoms with E-state index in [0.717, 1.165) is 36.3 Å². The summed E-state index contributed by atoms with van der Waals surface area (Å²) in [4.78, 5) is 13.8. The Labute approximate surface area is 192 Å². The second-order valence-electron chi connectivity index (χ2n) is 8.60. The molecule has 0 spiro atoms. The first-order valence-electron chi connectivity index (χ1n) is 10.9. The molecule has 0 bridgehead atoms. The number of hydrogen-bond acceptors (Lipinski definition) is 8. The highest BCUT2D eigenvalue weighted by Crippen LogP contribution is 2.30. The highest BCUT2D eigenvalue weighted by atomic mass is 16.3. The maximum Gasteiger partial charge on any atom is 0.229 e. The number of nitrogens with zero attached hydrogens (tertiary/aromatic N) is 3. The number of benzene rings is 1. The lowest BCUT2D eigenvalue weighted by atomic mass is 10.0. The number of furan rings is 1. The summed E-state index contributed by atoms with van der Waals surface area (Å²) in [5, 5.41) is 20.3. The van der Waals surface area contributed by atoms with Crippen LogP contribution in [-0.4, -0.2) is 26.6 Å². The van der Waals surface area contributed by atoms with Crippen LogP contribution >= 0.6 is 0 Å². The molecule has 4 heterocycles. The molecule has 0 unspecified atom stereocenters. The number of aliphatic hydroxyl groups is 1. The smallest absolute Gasteiger partial charge is 0.229 e. The molecule has 0 radical (unpaired) electrons. The molecular weight excluding hydrogens is 416 g/mol. The van der Waals surface area contributed by atoms with Gasteiger partial charge in [0, 0.05) is 29.6 Å². The van der Waals surface area contributed by atoms with Crippen molar-refractivity contribution in [1.82, 2.24) is 20.3 Å². The fourth-order valence-electron chi connectivity index (χ4n) is 3.82. The van der Waals surface area contributed by atoms with Crippen LogP contribution in [0.15, 0.2) is 65.6 Å². The van der Waals surface area contributed by atoms with Crippen LogP contribution in [0.3, 0.4) is 0 Å². The Morgan fingerprint density at radius 3 is 2.79 bits per heavy atom. The Kier molecular flexibility index (Phi) is 5.53. The fraction of sp³-hybridized carbons (Fsp3) is 0.240. The van der Waals surface area contributed by atoms with Crippen molar-refractivity contribution in [2.45, 2.75) is 32.4 Å². The van der Waals surface area contributed by atoms with Gasteiger partial charge in [-0.3, -0.25) is 0 Å². The Morgan fingerprint density at radius 1 is 1.06 bits per heavy atom. The van der Waals surface area contributed by atoms with E-state index in [1.807, 2.05) is 24.3 Å². The van der Waals surface area contributed by atoms with Crippen molar-refractivity contribution in [3.8, 4) is 11.1 Å². The molecule has 0 aliphatic carbocycles. The first kappa shape index (κ1) is 21.1. The van der Waals surface area contributed by atoms with Gasteiger partial charge in [0.15, 0.2) is 0 Å². The van der Waals surface area contributed by atoms with E-state index in [0.29, 0.717) is 23.3 Å². The van der Waals surface area contributed by atoms with E-state index in [1.54, 1.807) is 38.6 Å². The molecule has 1 aliphatic rings. The van der Waals surface area contributed by atoms with Crippen molar-refractivity contribution in [2.24, 2.45) is 0 Å². The SMILES string of the molecule is CC(C)(O)c1cccc(Nc2nc(Nc3ccc4c(c3)CCNC4)ncc2-c2ccoc2)n1. The Bertz CT molecular complexity index is 1260. The lowest BCUT2D eigenvalue weighted by Crippen LogP contribution is -2.23. The minimum absolute atomic E-state index is 0.470. The van der Waals surface area contributed by atoms with Gasteiger partial charge in [-0.15, -0.1) is 0 Å². The number of pyridine rings is 1. The van der Waals surface area contributed by atoms with Crippen molar-refractivity contribution in [1.29, 1.82) is 0 Å². The molecule has 0 atom stereocenters. The second kappa shape index (κ2) is 8.65. The first-order chi connectivity index (χ1) is 16.0. The van der Waals surface area contributed by atoms with Crippen molar-refractivity contribution in [3.63, 3.8) is 0 Å². The summed E-state index contributed by atoms with van der Waals surface area (Å²) in [6.45, 7) is 5.29. The Balaban J connectivity index is 1.47. The highest BCUT2D eigenvalue weighted by molar-refractivity contribution is 5.77. The Hall–Kier alpha value is -3.75. The highest BCUT2D eigenvalue weighted by Gasteiger charge is 2.19. The van der Waals surface area contributed by atoms with E-state index in [4.69, 9.17) is 9.40 Å². The first-order valence-corrected chi connectivity index (χ1v) is 10.9. The van der Waals surface area contributed by atoms with Crippen LogP contribution in [0.2, 0.25) is 0 Å². The molecule has 5 rings (SSSR count). The van der Waals surface area contributed by atoms with E-state index in [9.17, 15) is 5.11 Å². The molecule has 0 saturated carbocycles. The molecule has 168 valence electrons. The monoisotopic (exact) mass is 442 g/mol. The normalized spacial score (nSPS) is 13.4. The quantitative estimate of drug-likeness (QED) is 0.346. The third-order valence-corrected chi connectivity index (χ3v) is 5.59. The van der Waals surface area contributed by atoms with Gasteiger partial charge in [0.1, 0.15) is 17.2 Å². The average Bonchev–Trinajstić information content (AvgIpc) is 3.34. The second-order valence-corrected chi connectivity index (χ2v) is 8.60. The zero-order chi connectivity index (χ0) is 22.8. The minimum atomic E-state index is -1.05. The topological polar surface area (TPSA) is 108 Å². The lowest BCUT2D eigenvalue weighted by Gasteiger charge is -2.19.